The van der Waals surface area contributed by atoms with Crippen LogP contribution < -0.4 is 15.8 Å². The lowest BCUT2D eigenvalue weighted by Crippen LogP contribution is -2.45. The van der Waals surface area contributed by atoms with Crippen LogP contribution >= 0.6 is 0 Å². The van der Waals surface area contributed by atoms with Crippen LogP contribution in [0.15, 0.2) is 48.9 Å². The van der Waals surface area contributed by atoms with Gasteiger partial charge in [-0.15, -0.1) is 0 Å². The highest BCUT2D eigenvalue weighted by Gasteiger charge is 2.35. The maximum atomic E-state index is 15.0. The molecule has 3 aromatic heterocycles. The van der Waals surface area contributed by atoms with E-state index in [1.54, 1.807) is 37.8 Å². The summed E-state index contributed by atoms with van der Waals surface area (Å²) in [5, 5.41) is 7.84. The quantitative estimate of drug-likeness (QED) is 0.296. The molecule has 4 aromatic rings. The van der Waals surface area contributed by atoms with Crippen LogP contribution in [0, 0.1) is 17.6 Å². The predicted octanol–water partition coefficient (Wildman–Crippen LogP) is 4.69. The Morgan fingerprint density at radius 1 is 1.08 bits per heavy atom. The third-order valence-electron chi connectivity index (χ3n) is 7.22. The highest BCUT2D eigenvalue weighted by molar-refractivity contribution is 5.66. The molecule has 9 nitrogen and oxygen atoms in total. The molecule has 1 aliphatic carbocycles. The van der Waals surface area contributed by atoms with Gasteiger partial charge in [-0.3, -0.25) is 4.98 Å². The zero-order valence-corrected chi connectivity index (χ0v) is 22.1. The van der Waals surface area contributed by atoms with Crippen molar-refractivity contribution < 1.29 is 23.0 Å². The van der Waals surface area contributed by atoms with Crippen molar-refractivity contribution in [2.75, 3.05) is 32.8 Å². The number of benzene rings is 1. The molecule has 0 bridgehead atoms. The molecule has 4 atom stereocenters. The lowest BCUT2D eigenvalue weighted by Gasteiger charge is -2.38. The third-order valence-corrected chi connectivity index (χ3v) is 7.22. The van der Waals surface area contributed by atoms with E-state index >= 15 is 0 Å². The van der Waals surface area contributed by atoms with Gasteiger partial charge in [-0.1, -0.05) is 6.92 Å². The van der Waals surface area contributed by atoms with Crippen LogP contribution in [0.25, 0.3) is 16.8 Å². The number of nitrogens with one attached hydrogen (secondary N) is 1. The van der Waals surface area contributed by atoms with Crippen LogP contribution in [-0.4, -0.2) is 59.2 Å². The van der Waals surface area contributed by atoms with Gasteiger partial charge >= 0.3 is 0 Å². The van der Waals surface area contributed by atoms with E-state index in [-0.39, 0.29) is 41.7 Å². The first kappa shape index (κ1) is 26.9. The van der Waals surface area contributed by atoms with Crippen molar-refractivity contribution in [3.05, 3.63) is 66.1 Å². The molecule has 206 valence electrons. The molecule has 3 N–H and O–H groups in total. The van der Waals surface area contributed by atoms with Crippen LogP contribution in [0.1, 0.15) is 31.2 Å². The SMILES string of the molecule is COCCOc1cc(F)c(-c2ccc3cnc(Nc4cnccc4C4CC(C)C(OC)C(N)C4)n3n2)c(F)c1. The van der Waals surface area contributed by atoms with Gasteiger partial charge in [0.05, 0.1) is 47.6 Å². The van der Waals surface area contributed by atoms with Crippen LogP contribution in [0.4, 0.5) is 20.4 Å². The summed E-state index contributed by atoms with van der Waals surface area (Å²) in [6.45, 7) is 2.63. The van der Waals surface area contributed by atoms with Crippen molar-refractivity contribution in [3.8, 4) is 17.0 Å². The summed E-state index contributed by atoms with van der Waals surface area (Å²) in [6.07, 6.45) is 6.84. The van der Waals surface area contributed by atoms with Crippen molar-refractivity contribution in [3.63, 3.8) is 0 Å². The van der Waals surface area contributed by atoms with Gasteiger partial charge in [-0.05, 0) is 48.4 Å². The summed E-state index contributed by atoms with van der Waals surface area (Å²) >= 11 is 0. The third kappa shape index (κ3) is 5.56. The second-order valence-electron chi connectivity index (χ2n) is 9.84. The summed E-state index contributed by atoms with van der Waals surface area (Å²) in [5.74, 6) is -0.595. The van der Waals surface area contributed by atoms with Gasteiger partial charge in [0.2, 0.25) is 5.95 Å². The van der Waals surface area contributed by atoms with E-state index < -0.39 is 11.6 Å². The van der Waals surface area contributed by atoms with Crippen LogP contribution in [0.3, 0.4) is 0 Å². The van der Waals surface area contributed by atoms with Gasteiger partial charge in [-0.25, -0.2) is 13.8 Å². The second-order valence-corrected chi connectivity index (χ2v) is 9.84. The summed E-state index contributed by atoms with van der Waals surface area (Å²) in [6, 6.07) is 7.44. The number of nitrogens with zero attached hydrogens (tertiary/aromatic N) is 4. The van der Waals surface area contributed by atoms with Crippen LogP contribution in [-0.2, 0) is 9.47 Å². The lowest BCUT2D eigenvalue weighted by atomic mass is 9.74. The Balaban J connectivity index is 1.44. The topological polar surface area (TPSA) is 109 Å². The predicted molar refractivity (Wildman–Crippen MR) is 143 cm³/mol. The first-order valence-electron chi connectivity index (χ1n) is 12.8. The fourth-order valence-electron chi connectivity index (χ4n) is 5.43. The summed E-state index contributed by atoms with van der Waals surface area (Å²) < 4.78 is 47.4. The number of ether oxygens (including phenoxy) is 3. The van der Waals surface area contributed by atoms with Crippen LogP contribution in [0.2, 0.25) is 0 Å². The average Bonchev–Trinajstić information content (AvgIpc) is 3.30. The molecular weight excluding hydrogens is 506 g/mol. The molecule has 5 rings (SSSR count). The zero-order chi connectivity index (χ0) is 27.5. The van der Waals surface area contributed by atoms with Gasteiger partial charge in [0.25, 0.3) is 0 Å². The fourth-order valence-corrected chi connectivity index (χ4v) is 5.43. The molecule has 1 saturated carbocycles. The second kappa shape index (κ2) is 11.6. The highest BCUT2D eigenvalue weighted by atomic mass is 19.1. The Hall–Kier alpha value is -3.67. The number of hydrogen-bond acceptors (Lipinski definition) is 8. The molecule has 0 aliphatic heterocycles. The maximum Gasteiger partial charge on any atom is 0.229 e. The van der Waals surface area contributed by atoms with Crippen molar-refractivity contribution in [2.45, 2.75) is 37.8 Å². The Labute approximate surface area is 225 Å². The van der Waals surface area contributed by atoms with E-state index in [4.69, 9.17) is 19.9 Å². The van der Waals surface area contributed by atoms with E-state index in [0.29, 0.717) is 24.0 Å². The number of anilines is 2. The van der Waals surface area contributed by atoms with Gasteiger partial charge in [0.15, 0.2) is 0 Å². The van der Waals surface area contributed by atoms with Crippen LogP contribution in [0.5, 0.6) is 5.75 Å². The molecule has 1 fully saturated rings. The van der Waals surface area contributed by atoms with Crippen molar-refractivity contribution in [1.29, 1.82) is 0 Å². The minimum absolute atomic E-state index is 0.0186. The number of methoxy groups -OCH3 is 2. The van der Waals surface area contributed by atoms with Gasteiger partial charge < -0.3 is 25.3 Å². The number of pyridine rings is 1. The largest absolute Gasteiger partial charge is 0.491 e. The van der Waals surface area contributed by atoms with Crippen molar-refractivity contribution >= 4 is 17.2 Å². The Morgan fingerprint density at radius 3 is 2.59 bits per heavy atom. The molecule has 3 heterocycles. The Morgan fingerprint density at radius 2 is 1.87 bits per heavy atom. The highest BCUT2D eigenvalue weighted by Crippen LogP contribution is 2.40. The average molecular weight is 539 g/mol. The molecule has 0 radical (unpaired) electrons. The molecule has 1 aliphatic rings. The monoisotopic (exact) mass is 538 g/mol. The number of halogens is 2. The molecule has 4 unspecified atom stereocenters. The number of aromatic nitrogens is 4. The van der Waals surface area contributed by atoms with Gasteiger partial charge in [0.1, 0.15) is 24.0 Å². The lowest BCUT2D eigenvalue weighted by molar-refractivity contribution is 0.00984. The first-order chi connectivity index (χ1) is 18.9. The van der Waals surface area contributed by atoms with E-state index in [1.807, 2.05) is 6.07 Å². The van der Waals surface area contributed by atoms with E-state index in [2.05, 4.69) is 27.3 Å². The number of rotatable bonds is 9. The molecular formula is C28H32F2N6O3. The van der Waals surface area contributed by atoms with E-state index in [1.165, 1.54) is 11.6 Å². The molecule has 39 heavy (non-hydrogen) atoms. The smallest absolute Gasteiger partial charge is 0.229 e. The molecule has 0 amide bonds. The summed E-state index contributed by atoms with van der Waals surface area (Å²) in [7, 11) is 3.22. The number of imidazole rings is 1. The van der Waals surface area contributed by atoms with E-state index in [0.717, 1.165) is 36.2 Å². The zero-order valence-electron chi connectivity index (χ0n) is 22.1. The summed E-state index contributed by atoms with van der Waals surface area (Å²) in [4.78, 5) is 8.76. The Bertz CT molecular complexity index is 1410. The molecule has 1 aromatic carbocycles. The van der Waals surface area contributed by atoms with Crippen molar-refractivity contribution in [2.24, 2.45) is 11.7 Å². The minimum atomic E-state index is -0.782. The standard InChI is InChI=1S/C28H32F2N6O3/c1-16-10-17(11-23(31)27(16)38-3)20-6-7-32-15-25(20)34-28-33-14-18-4-5-24(35-36(18)28)26-21(29)12-19(13-22(26)30)39-9-8-37-2/h4-7,12-17,23,27H,8-11,31H2,1-3H3,(H,33,34). The first-order valence-corrected chi connectivity index (χ1v) is 12.8. The van der Waals surface area contributed by atoms with Gasteiger partial charge in [-0.2, -0.15) is 9.61 Å². The molecule has 0 spiro atoms. The summed E-state index contributed by atoms with van der Waals surface area (Å²) in [5.41, 5.74) is 8.80. The van der Waals surface area contributed by atoms with Crippen molar-refractivity contribution in [1.82, 2.24) is 19.6 Å². The fraction of sp³-hybridized carbons (Fsp3) is 0.393. The number of hydrogen-bond donors (Lipinski definition) is 2. The maximum absolute atomic E-state index is 15.0. The Kier molecular flexibility index (Phi) is 8.01. The normalized spacial score (nSPS) is 21.3. The molecule has 0 saturated heterocycles. The van der Waals surface area contributed by atoms with Gasteiger partial charge in [0, 0.05) is 38.6 Å². The minimum Gasteiger partial charge on any atom is -0.491 e. The number of fused-ring (bicyclic) bond motifs is 1. The van der Waals surface area contributed by atoms with E-state index in [9.17, 15) is 8.78 Å². The molecule has 11 heteroatoms. The number of nitrogens with two attached hydrogens (primary N) is 1.